The molecule has 4 aromatic rings. The summed E-state index contributed by atoms with van der Waals surface area (Å²) in [4.78, 5) is 11.2. The average molecular weight is 461 g/mol. The minimum atomic E-state index is 0.880. The van der Waals surface area contributed by atoms with Crippen molar-refractivity contribution in [2.45, 2.75) is 25.1 Å². The number of benzene rings is 1. The highest BCUT2D eigenvalue weighted by molar-refractivity contribution is 7.97. The van der Waals surface area contributed by atoms with Gasteiger partial charge in [-0.15, -0.1) is 0 Å². The third-order valence-corrected chi connectivity index (χ3v) is 6.41. The first-order valence-corrected chi connectivity index (χ1v) is 12.8. The SMILES string of the molecule is CNc1cc2cc(-c3cnn(C)c3)ccc2cn1.CSCc1ccnc(CN2CCCC2)c1. The number of rotatable bonds is 6. The van der Waals surface area contributed by atoms with Crippen LogP contribution in [0.15, 0.2) is 61.2 Å². The highest BCUT2D eigenvalue weighted by atomic mass is 32.2. The van der Waals surface area contributed by atoms with Crippen molar-refractivity contribution in [3.05, 3.63) is 72.4 Å². The van der Waals surface area contributed by atoms with Gasteiger partial charge in [-0.2, -0.15) is 16.9 Å². The molecule has 0 radical (unpaired) electrons. The Morgan fingerprint density at radius 2 is 1.82 bits per heavy atom. The maximum atomic E-state index is 4.43. The third kappa shape index (κ3) is 6.33. The van der Waals surface area contributed by atoms with Crippen LogP contribution in [-0.4, -0.2) is 51.0 Å². The number of pyridine rings is 2. The lowest BCUT2D eigenvalue weighted by Crippen LogP contribution is -2.19. The van der Waals surface area contributed by atoms with Crippen molar-refractivity contribution in [1.82, 2.24) is 24.6 Å². The Morgan fingerprint density at radius 3 is 2.55 bits per heavy atom. The van der Waals surface area contributed by atoms with Crippen LogP contribution in [0.3, 0.4) is 0 Å². The molecule has 33 heavy (non-hydrogen) atoms. The van der Waals surface area contributed by atoms with Gasteiger partial charge in [0.1, 0.15) is 5.82 Å². The van der Waals surface area contributed by atoms with Crippen LogP contribution in [0.4, 0.5) is 5.82 Å². The van der Waals surface area contributed by atoms with Crippen molar-refractivity contribution in [2.75, 3.05) is 31.7 Å². The molecule has 4 heterocycles. The molecule has 1 aromatic carbocycles. The number of likely N-dealkylation sites (tertiary alicyclic amines) is 1. The van der Waals surface area contributed by atoms with Gasteiger partial charge in [-0.25, -0.2) is 4.98 Å². The maximum absolute atomic E-state index is 4.43. The minimum Gasteiger partial charge on any atom is -0.373 e. The summed E-state index contributed by atoms with van der Waals surface area (Å²) in [5, 5.41) is 9.57. The van der Waals surface area contributed by atoms with Crippen molar-refractivity contribution < 1.29 is 0 Å². The van der Waals surface area contributed by atoms with Gasteiger partial charge in [-0.05, 0) is 73.0 Å². The van der Waals surface area contributed by atoms with Gasteiger partial charge in [0.05, 0.1) is 11.9 Å². The van der Waals surface area contributed by atoms with Crippen molar-refractivity contribution in [2.24, 2.45) is 7.05 Å². The molecule has 0 spiro atoms. The molecule has 0 aliphatic carbocycles. The van der Waals surface area contributed by atoms with Crippen LogP contribution >= 0.6 is 11.8 Å². The molecule has 1 aliphatic heterocycles. The lowest BCUT2D eigenvalue weighted by molar-refractivity contribution is 0.327. The van der Waals surface area contributed by atoms with Crippen LogP contribution in [0.1, 0.15) is 24.1 Å². The predicted molar refractivity (Wildman–Crippen MR) is 139 cm³/mol. The summed E-state index contributed by atoms with van der Waals surface area (Å²) in [6.45, 7) is 3.52. The van der Waals surface area contributed by atoms with Gasteiger partial charge >= 0.3 is 0 Å². The summed E-state index contributed by atoms with van der Waals surface area (Å²) >= 11 is 1.86. The molecular formula is C26H32N6S. The van der Waals surface area contributed by atoms with Crippen molar-refractivity contribution >= 4 is 28.4 Å². The fourth-order valence-electron chi connectivity index (χ4n) is 4.07. The van der Waals surface area contributed by atoms with E-state index in [4.69, 9.17) is 0 Å². The second kappa shape index (κ2) is 11.3. The molecule has 7 heteroatoms. The number of nitrogens with zero attached hydrogens (tertiary/aromatic N) is 5. The predicted octanol–water partition coefficient (Wildman–Crippen LogP) is 5.22. The number of thioether (sulfide) groups is 1. The summed E-state index contributed by atoms with van der Waals surface area (Å²) in [6.07, 6.45) is 12.6. The maximum Gasteiger partial charge on any atom is 0.126 e. The largest absolute Gasteiger partial charge is 0.373 e. The molecule has 0 atom stereocenters. The lowest BCUT2D eigenvalue weighted by atomic mass is 10.1. The standard InChI is InChI=1S/C14H14N4.C12H18N2S/c1-15-14-6-12-5-10(3-4-11(12)7-16-14)13-8-17-18(2)9-13;1-15-10-11-4-5-13-12(8-11)9-14-6-2-3-7-14/h3-9H,1-2H3,(H,15,16);4-5,8H,2-3,6-7,9-10H2,1H3. The van der Waals surface area contributed by atoms with Gasteiger partial charge in [0, 0.05) is 55.9 Å². The molecule has 1 N–H and O–H groups in total. The number of hydrogen-bond acceptors (Lipinski definition) is 6. The molecule has 0 bridgehead atoms. The van der Waals surface area contributed by atoms with Crippen LogP contribution in [-0.2, 0) is 19.3 Å². The summed E-state index contributed by atoms with van der Waals surface area (Å²) < 4.78 is 1.81. The van der Waals surface area contributed by atoms with Crippen LogP contribution in [0.25, 0.3) is 21.9 Å². The van der Waals surface area contributed by atoms with Crippen molar-refractivity contribution in [1.29, 1.82) is 0 Å². The zero-order valence-electron chi connectivity index (χ0n) is 19.7. The highest BCUT2D eigenvalue weighted by Crippen LogP contribution is 2.25. The Hall–Kier alpha value is -2.90. The van der Waals surface area contributed by atoms with E-state index >= 15 is 0 Å². The fraction of sp³-hybridized carbons (Fsp3) is 0.346. The first kappa shape index (κ1) is 23.3. The van der Waals surface area contributed by atoms with Gasteiger partial charge in [-0.3, -0.25) is 14.6 Å². The zero-order chi connectivity index (χ0) is 23.0. The average Bonchev–Trinajstić information content (AvgIpc) is 3.51. The Kier molecular flexibility index (Phi) is 7.96. The first-order valence-electron chi connectivity index (χ1n) is 11.4. The quantitative estimate of drug-likeness (QED) is 0.426. The smallest absolute Gasteiger partial charge is 0.126 e. The normalized spacial score (nSPS) is 13.7. The van der Waals surface area contributed by atoms with Gasteiger partial charge in [0.25, 0.3) is 0 Å². The molecule has 1 aliphatic rings. The summed E-state index contributed by atoms with van der Waals surface area (Å²) in [5.41, 5.74) is 4.92. The lowest BCUT2D eigenvalue weighted by Gasteiger charge is -2.14. The highest BCUT2D eigenvalue weighted by Gasteiger charge is 2.12. The number of nitrogens with one attached hydrogen (secondary N) is 1. The molecule has 5 rings (SSSR count). The second-order valence-electron chi connectivity index (χ2n) is 8.36. The molecule has 6 nitrogen and oxygen atoms in total. The van der Waals surface area contributed by atoms with E-state index in [0.29, 0.717) is 0 Å². The van der Waals surface area contributed by atoms with E-state index in [1.165, 1.54) is 48.1 Å². The topological polar surface area (TPSA) is 58.9 Å². The van der Waals surface area contributed by atoms with Gasteiger partial charge in [0.15, 0.2) is 0 Å². The monoisotopic (exact) mass is 460 g/mol. The number of fused-ring (bicyclic) bond motifs is 1. The second-order valence-corrected chi connectivity index (χ2v) is 9.22. The van der Waals surface area contributed by atoms with Crippen molar-refractivity contribution in [3.63, 3.8) is 0 Å². The number of hydrogen-bond donors (Lipinski definition) is 1. The molecule has 172 valence electrons. The molecule has 0 saturated carbocycles. The Labute approximate surface area is 200 Å². The Balaban J connectivity index is 0.000000160. The van der Waals surface area contributed by atoms with E-state index < -0.39 is 0 Å². The van der Waals surface area contributed by atoms with E-state index in [2.05, 4.69) is 67.9 Å². The fourth-order valence-corrected chi connectivity index (χ4v) is 4.58. The summed E-state index contributed by atoms with van der Waals surface area (Å²) in [6, 6.07) is 12.8. The summed E-state index contributed by atoms with van der Waals surface area (Å²) in [7, 11) is 3.80. The first-order chi connectivity index (χ1) is 16.1. The van der Waals surface area contributed by atoms with E-state index in [1.807, 2.05) is 55.3 Å². The third-order valence-electron chi connectivity index (χ3n) is 5.79. The Bertz CT molecular complexity index is 1180. The minimum absolute atomic E-state index is 0.880. The van der Waals surface area contributed by atoms with Crippen LogP contribution in [0.2, 0.25) is 0 Å². The molecule has 0 unspecified atom stereocenters. The van der Waals surface area contributed by atoms with Crippen LogP contribution < -0.4 is 5.32 Å². The summed E-state index contributed by atoms with van der Waals surface area (Å²) in [5.74, 6) is 1.97. The van der Waals surface area contributed by atoms with E-state index in [1.54, 1.807) is 0 Å². The van der Waals surface area contributed by atoms with Crippen LogP contribution in [0, 0.1) is 0 Å². The molecule has 1 saturated heterocycles. The van der Waals surface area contributed by atoms with E-state index in [0.717, 1.165) is 29.1 Å². The van der Waals surface area contributed by atoms with Gasteiger partial charge in [-0.1, -0.05) is 12.1 Å². The Morgan fingerprint density at radius 1 is 0.970 bits per heavy atom. The molecular weight excluding hydrogens is 428 g/mol. The molecule has 0 amide bonds. The number of anilines is 1. The zero-order valence-corrected chi connectivity index (χ0v) is 20.5. The van der Waals surface area contributed by atoms with Crippen molar-refractivity contribution in [3.8, 4) is 11.1 Å². The molecule has 1 fully saturated rings. The van der Waals surface area contributed by atoms with E-state index in [9.17, 15) is 0 Å². The van der Waals surface area contributed by atoms with Gasteiger partial charge < -0.3 is 5.32 Å². The van der Waals surface area contributed by atoms with E-state index in [-0.39, 0.29) is 0 Å². The number of aryl methyl sites for hydroxylation is 1. The number of aromatic nitrogens is 4. The van der Waals surface area contributed by atoms with Gasteiger partial charge in [0.2, 0.25) is 0 Å². The molecule has 3 aromatic heterocycles. The van der Waals surface area contributed by atoms with Crippen LogP contribution in [0.5, 0.6) is 0 Å².